The molecule has 2 aromatic heterocycles. The number of piperidine rings is 1. The Hall–Kier alpha value is -2.21. The van der Waals surface area contributed by atoms with Crippen molar-refractivity contribution in [2.75, 3.05) is 19.6 Å². The summed E-state index contributed by atoms with van der Waals surface area (Å²) in [4.78, 5) is 28.9. The second-order valence-corrected chi connectivity index (χ2v) is 6.49. The second kappa shape index (κ2) is 6.12. The fraction of sp³-hybridized carbons (Fsp3) is 0.471. The molecule has 5 rings (SSSR count). The van der Waals surface area contributed by atoms with Crippen LogP contribution in [-0.2, 0) is 6.54 Å². The first-order valence-corrected chi connectivity index (χ1v) is 8.22. The number of nitrogens with zero attached hydrogens (tertiary/aromatic N) is 4. The smallest absolute Gasteiger partial charge is 0.272 e. The van der Waals surface area contributed by atoms with E-state index in [9.17, 15) is 4.79 Å². The minimum atomic E-state index is 0.0577. The summed E-state index contributed by atoms with van der Waals surface area (Å²) in [6.07, 6.45) is 7.69. The number of amides is 1. The maximum atomic E-state index is 12.7. The van der Waals surface area contributed by atoms with Crippen molar-refractivity contribution in [3.8, 4) is 0 Å². The largest absolute Gasteiger partial charge is 0.348 e. The quantitative estimate of drug-likeness (QED) is 0.934. The number of hydrogen-bond acceptors (Lipinski definition) is 4. The van der Waals surface area contributed by atoms with Crippen LogP contribution >= 0.6 is 0 Å². The van der Waals surface area contributed by atoms with Crippen molar-refractivity contribution in [1.82, 2.24) is 24.8 Å². The standard InChI is InChI=1S/C17H21N5O/c23-17(15-3-1-2-6-18-15)22-10-13-4-5-14(11-22)21(9-13)12-16-19-7-8-20-16/h1-3,6-8,13-14H,4-5,9-12H2,(H,19,20)/t13-,14-/m0/s1. The van der Waals surface area contributed by atoms with Crippen LogP contribution in [0.25, 0.3) is 0 Å². The van der Waals surface area contributed by atoms with Crippen LogP contribution < -0.4 is 0 Å². The van der Waals surface area contributed by atoms with Gasteiger partial charge in [0.1, 0.15) is 11.5 Å². The SMILES string of the molecule is O=C(c1ccccn1)N1C[C@H]2CC[C@@H](C1)N(Cc1ncc[nH]1)C2. The van der Waals surface area contributed by atoms with Gasteiger partial charge in [0.2, 0.25) is 0 Å². The number of hydrogen-bond donors (Lipinski definition) is 1. The number of fused-ring (bicyclic) bond motifs is 4. The van der Waals surface area contributed by atoms with Crippen molar-refractivity contribution in [3.63, 3.8) is 0 Å². The summed E-state index contributed by atoms with van der Waals surface area (Å²) in [7, 11) is 0. The van der Waals surface area contributed by atoms with Gasteiger partial charge in [0, 0.05) is 44.3 Å². The van der Waals surface area contributed by atoms with Gasteiger partial charge in [0.05, 0.1) is 6.54 Å². The van der Waals surface area contributed by atoms with E-state index in [1.165, 1.54) is 6.42 Å². The van der Waals surface area contributed by atoms with Crippen LogP contribution in [0.3, 0.4) is 0 Å². The summed E-state index contributed by atoms with van der Waals surface area (Å²) >= 11 is 0. The van der Waals surface area contributed by atoms with E-state index in [4.69, 9.17) is 0 Å². The molecule has 0 radical (unpaired) electrons. The van der Waals surface area contributed by atoms with E-state index in [0.29, 0.717) is 17.7 Å². The molecule has 3 aliphatic heterocycles. The fourth-order valence-electron chi connectivity index (χ4n) is 3.77. The topological polar surface area (TPSA) is 65.1 Å². The third kappa shape index (κ3) is 2.99. The molecule has 1 N–H and O–H groups in total. The van der Waals surface area contributed by atoms with Gasteiger partial charge in [-0.25, -0.2) is 4.98 Å². The highest BCUT2D eigenvalue weighted by Crippen LogP contribution is 2.29. The predicted octanol–water partition coefficient (Wildman–Crippen LogP) is 1.54. The molecular weight excluding hydrogens is 290 g/mol. The minimum absolute atomic E-state index is 0.0577. The zero-order valence-electron chi connectivity index (χ0n) is 13.1. The molecule has 1 amide bonds. The summed E-state index contributed by atoms with van der Waals surface area (Å²) in [5.74, 6) is 1.60. The third-order valence-corrected chi connectivity index (χ3v) is 4.91. The monoisotopic (exact) mass is 311 g/mol. The minimum Gasteiger partial charge on any atom is -0.348 e. The van der Waals surface area contributed by atoms with Crippen LogP contribution in [0.5, 0.6) is 0 Å². The van der Waals surface area contributed by atoms with Crippen LogP contribution in [0, 0.1) is 5.92 Å². The highest BCUT2D eigenvalue weighted by atomic mass is 16.2. The van der Waals surface area contributed by atoms with E-state index in [1.807, 2.05) is 23.2 Å². The Morgan fingerprint density at radius 1 is 1.17 bits per heavy atom. The number of carbonyl (C=O) groups excluding carboxylic acids is 1. The van der Waals surface area contributed by atoms with Gasteiger partial charge in [-0.15, -0.1) is 0 Å². The van der Waals surface area contributed by atoms with Crippen molar-refractivity contribution in [2.24, 2.45) is 5.92 Å². The number of aromatic nitrogens is 3. The van der Waals surface area contributed by atoms with Gasteiger partial charge in [0.25, 0.3) is 5.91 Å². The highest BCUT2D eigenvalue weighted by Gasteiger charge is 2.37. The number of imidazole rings is 1. The zero-order chi connectivity index (χ0) is 15.6. The maximum absolute atomic E-state index is 12.7. The highest BCUT2D eigenvalue weighted by molar-refractivity contribution is 5.92. The molecule has 6 heteroatoms. The van der Waals surface area contributed by atoms with Crippen LogP contribution in [0.1, 0.15) is 29.2 Å². The maximum Gasteiger partial charge on any atom is 0.272 e. The first-order valence-electron chi connectivity index (χ1n) is 8.22. The molecule has 0 unspecified atom stereocenters. The Morgan fingerprint density at radius 3 is 2.91 bits per heavy atom. The number of aromatic amines is 1. The van der Waals surface area contributed by atoms with Crippen LogP contribution in [0.4, 0.5) is 0 Å². The van der Waals surface area contributed by atoms with E-state index < -0.39 is 0 Å². The van der Waals surface area contributed by atoms with Gasteiger partial charge in [-0.05, 0) is 30.9 Å². The summed E-state index contributed by atoms with van der Waals surface area (Å²) in [5, 5.41) is 0. The molecule has 6 nitrogen and oxygen atoms in total. The summed E-state index contributed by atoms with van der Waals surface area (Å²) in [5.41, 5.74) is 0.548. The van der Waals surface area contributed by atoms with Crippen LogP contribution in [0.15, 0.2) is 36.8 Å². The molecule has 0 saturated carbocycles. The lowest BCUT2D eigenvalue weighted by Gasteiger charge is -2.35. The number of H-pyrrole nitrogens is 1. The second-order valence-electron chi connectivity index (χ2n) is 6.49. The molecule has 3 fully saturated rings. The Labute approximate surface area is 135 Å². The third-order valence-electron chi connectivity index (χ3n) is 4.91. The van der Waals surface area contributed by atoms with E-state index in [1.54, 1.807) is 18.5 Å². The Kier molecular flexibility index (Phi) is 3.83. The van der Waals surface area contributed by atoms with Crippen molar-refractivity contribution in [1.29, 1.82) is 0 Å². The lowest BCUT2D eigenvalue weighted by atomic mass is 9.95. The Morgan fingerprint density at radius 2 is 2.13 bits per heavy atom. The van der Waals surface area contributed by atoms with E-state index in [0.717, 1.165) is 38.4 Å². The Balaban J connectivity index is 1.50. The average molecular weight is 311 g/mol. The molecule has 2 bridgehead atoms. The van der Waals surface area contributed by atoms with E-state index in [2.05, 4.69) is 19.9 Å². The predicted molar refractivity (Wildman–Crippen MR) is 85.7 cm³/mol. The number of rotatable bonds is 3. The molecule has 23 heavy (non-hydrogen) atoms. The van der Waals surface area contributed by atoms with Gasteiger partial charge in [-0.1, -0.05) is 6.07 Å². The summed E-state index contributed by atoms with van der Waals surface area (Å²) in [6, 6.07) is 5.92. The Bertz CT molecular complexity index is 657. The number of carbonyl (C=O) groups is 1. The molecule has 3 aliphatic rings. The van der Waals surface area contributed by atoms with Gasteiger partial charge >= 0.3 is 0 Å². The van der Waals surface area contributed by atoms with Gasteiger partial charge in [0.15, 0.2) is 0 Å². The number of nitrogens with one attached hydrogen (secondary N) is 1. The first kappa shape index (κ1) is 14.4. The van der Waals surface area contributed by atoms with Crippen molar-refractivity contribution >= 4 is 5.91 Å². The molecule has 0 aromatic carbocycles. The number of pyridine rings is 1. The molecule has 0 aliphatic carbocycles. The summed E-state index contributed by atoms with van der Waals surface area (Å²) < 4.78 is 0. The van der Waals surface area contributed by atoms with Gasteiger partial charge in [-0.3, -0.25) is 14.7 Å². The molecule has 3 saturated heterocycles. The average Bonchev–Trinajstić information content (AvgIpc) is 2.93. The lowest BCUT2D eigenvalue weighted by molar-refractivity contribution is 0.0729. The van der Waals surface area contributed by atoms with Crippen molar-refractivity contribution < 1.29 is 4.79 Å². The molecule has 120 valence electrons. The van der Waals surface area contributed by atoms with E-state index >= 15 is 0 Å². The molecule has 5 heterocycles. The van der Waals surface area contributed by atoms with Crippen LogP contribution in [0.2, 0.25) is 0 Å². The van der Waals surface area contributed by atoms with Crippen molar-refractivity contribution in [3.05, 3.63) is 48.3 Å². The van der Waals surface area contributed by atoms with Crippen molar-refractivity contribution in [2.45, 2.75) is 25.4 Å². The normalized spacial score (nSPS) is 24.6. The first-order chi connectivity index (χ1) is 11.3. The molecule has 2 atom stereocenters. The fourth-order valence-corrected chi connectivity index (χ4v) is 3.77. The van der Waals surface area contributed by atoms with Crippen LogP contribution in [-0.4, -0.2) is 56.3 Å². The lowest BCUT2D eigenvalue weighted by Crippen LogP contribution is -2.44. The molecular formula is C17H21N5O. The van der Waals surface area contributed by atoms with Gasteiger partial charge in [-0.2, -0.15) is 0 Å². The van der Waals surface area contributed by atoms with E-state index in [-0.39, 0.29) is 5.91 Å². The zero-order valence-corrected chi connectivity index (χ0v) is 13.1. The molecule has 0 spiro atoms. The molecule has 2 aromatic rings. The summed E-state index contributed by atoms with van der Waals surface area (Å²) in [6.45, 7) is 3.49. The van der Waals surface area contributed by atoms with Gasteiger partial charge < -0.3 is 9.88 Å².